The van der Waals surface area contributed by atoms with Crippen LogP contribution in [0.5, 0.6) is 0 Å². The number of anilines is 1. The number of amides is 1. The van der Waals surface area contributed by atoms with Gasteiger partial charge in [-0.15, -0.1) is 0 Å². The topological polar surface area (TPSA) is 83.3 Å². The number of rotatable bonds is 5. The number of nitrogens with one attached hydrogen (secondary N) is 1. The van der Waals surface area contributed by atoms with E-state index in [9.17, 15) is 9.90 Å². The Morgan fingerprint density at radius 1 is 1.46 bits per heavy atom. The number of carbonyl (C=O) groups excluding carboxylic acids is 1. The maximum absolute atomic E-state index is 12.0. The van der Waals surface area contributed by atoms with Crippen molar-refractivity contribution in [2.45, 2.75) is 25.0 Å². The molecule has 2 aromatic rings. The van der Waals surface area contributed by atoms with Crippen LogP contribution in [0.15, 0.2) is 36.8 Å². The molecule has 1 fully saturated rings. The van der Waals surface area contributed by atoms with Crippen LogP contribution in [0.25, 0.3) is 0 Å². The van der Waals surface area contributed by atoms with Gasteiger partial charge in [0.25, 0.3) is 0 Å². The lowest BCUT2D eigenvalue weighted by Crippen LogP contribution is -2.54. The van der Waals surface area contributed by atoms with Crippen LogP contribution in [0.2, 0.25) is 5.02 Å². The molecule has 3 rings (SSSR count). The molecule has 24 heavy (non-hydrogen) atoms. The normalized spacial score (nSPS) is 20.8. The standard InChI is InChI=1S/C16H20ClN5O2/c17-13-8-20-22(9-13)10-15(23)19-11-16(24)5-3-7-21(12-16)14-4-1-2-6-18-14/h1-2,4,6,8-9,24H,3,5,7,10-12H2,(H,19,23)/t16-/m0/s1. The quantitative estimate of drug-likeness (QED) is 0.844. The fraction of sp³-hybridized carbons (Fsp3) is 0.438. The Morgan fingerprint density at radius 2 is 2.33 bits per heavy atom. The second-order valence-corrected chi connectivity index (χ2v) is 6.51. The summed E-state index contributed by atoms with van der Waals surface area (Å²) < 4.78 is 1.46. The van der Waals surface area contributed by atoms with Crippen molar-refractivity contribution in [1.82, 2.24) is 20.1 Å². The predicted octanol–water partition coefficient (Wildman–Crippen LogP) is 1.08. The molecule has 0 unspecified atom stereocenters. The molecule has 0 bridgehead atoms. The van der Waals surface area contributed by atoms with Crippen molar-refractivity contribution in [3.63, 3.8) is 0 Å². The monoisotopic (exact) mass is 349 g/mol. The fourth-order valence-corrected chi connectivity index (χ4v) is 3.04. The van der Waals surface area contributed by atoms with Gasteiger partial charge in [0.2, 0.25) is 5.91 Å². The molecule has 0 aromatic carbocycles. The van der Waals surface area contributed by atoms with Crippen molar-refractivity contribution in [3.05, 3.63) is 41.8 Å². The van der Waals surface area contributed by atoms with Gasteiger partial charge in [0.1, 0.15) is 12.4 Å². The molecule has 1 saturated heterocycles. The Hall–Kier alpha value is -2.12. The third-order valence-electron chi connectivity index (χ3n) is 4.05. The molecule has 1 aliphatic heterocycles. The number of nitrogens with zero attached hydrogens (tertiary/aromatic N) is 4. The summed E-state index contributed by atoms with van der Waals surface area (Å²) in [6, 6.07) is 5.71. The Balaban J connectivity index is 1.54. The van der Waals surface area contributed by atoms with Gasteiger partial charge in [-0.2, -0.15) is 5.10 Å². The second-order valence-electron chi connectivity index (χ2n) is 6.07. The van der Waals surface area contributed by atoms with Crippen molar-refractivity contribution < 1.29 is 9.90 Å². The summed E-state index contributed by atoms with van der Waals surface area (Å²) >= 11 is 5.77. The largest absolute Gasteiger partial charge is 0.386 e. The molecular weight excluding hydrogens is 330 g/mol. The maximum Gasteiger partial charge on any atom is 0.241 e. The highest BCUT2D eigenvalue weighted by molar-refractivity contribution is 6.30. The van der Waals surface area contributed by atoms with Crippen LogP contribution in [-0.2, 0) is 11.3 Å². The molecule has 0 aliphatic carbocycles. The van der Waals surface area contributed by atoms with E-state index in [0.29, 0.717) is 18.0 Å². The van der Waals surface area contributed by atoms with Crippen LogP contribution in [0.1, 0.15) is 12.8 Å². The van der Waals surface area contributed by atoms with Crippen LogP contribution in [-0.4, -0.2) is 51.0 Å². The van der Waals surface area contributed by atoms with Crippen LogP contribution in [0.3, 0.4) is 0 Å². The van der Waals surface area contributed by atoms with Crippen LogP contribution >= 0.6 is 11.6 Å². The van der Waals surface area contributed by atoms with E-state index in [4.69, 9.17) is 11.6 Å². The Labute approximate surface area is 145 Å². The number of piperidine rings is 1. The third-order valence-corrected chi connectivity index (χ3v) is 4.25. The van der Waals surface area contributed by atoms with Crippen molar-refractivity contribution >= 4 is 23.3 Å². The van der Waals surface area contributed by atoms with Gasteiger partial charge in [-0.25, -0.2) is 4.98 Å². The summed E-state index contributed by atoms with van der Waals surface area (Å²) in [7, 11) is 0. The first-order chi connectivity index (χ1) is 11.5. The van der Waals surface area contributed by atoms with Gasteiger partial charge in [0, 0.05) is 32.0 Å². The molecule has 1 aliphatic rings. The van der Waals surface area contributed by atoms with Crippen LogP contribution < -0.4 is 10.2 Å². The molecule has 0 spiro atoms. The first-order valence-electron chi connectivity index (χ1n) is 7.87. The smallest absolute Gasteiger partial charge is 0.241 e. The van der Waals surface area contributed by atoms with Crippen molar-refractivity contribution in [1.29, 1.82) is 0 Å². The Bertz CT molecular complexity index is 693. The molecule has 2 aromatic heterocycles. The molecule has 3 heterocycles. The number of halogens is 1. The summed E-state index contributed by atoms with van der Waals surface area (Å²) in [4.78, 5) is 18.4. The van der Waals surface area contributed by atoms with E-state index in [-0.39, 0.29) is 19.0 Å². The van der Waals surface area contributed by atoms with Gasteiger partial charge < -0.3 is 15.3 Å². The number of hydrogen-bond donors (Lipinski definition) is 2. The molecule has 0 saturated carbocycles. The van der Waals surface area contributed by atoms with E-state index in [0.717, 1.165) is 18.8 Å². The Morgan fingerprint density at radius 3 is 3.04 bits per heavy atom. The summed E-state index contributed by atoms with van der Waals surface area (Å²) in [5, 5.41) is 18.0. The summed E-state index contributed by atoms with van der Waals surface area (Å²) in [5.74, 6) is 0.631. The summed E-state index contributed by atoms with van der Waals surface area (Å²) in [5.41, 5.74) is -0.965. The lowest BCUT2D eigenvalue weighted by Gasteiger charge is -2.39. The van der Waals surface area contributed by atoms with Gasteiger partial charge >= 0.3 is 0 Å². The van der Waals surface area contributed by atoms with Gasteiger partial charge in [-0.1, -0.05) is 17.7 Å². The van der Waals surface area contributed by atoms with E-state index in [1.54, 1.807) is 12.4 Å². The average molecular weight is 350 g/mol. The third kappa shape index (κ3) is 4.24. The van der Waals surface area contributed by atoms with Crippen molar-refractivity contribution in [2.24, 2.45) is 0 Å². The number of carbonyl (C=O) groups is 1. The molecule has 128 valence electrons. The SMILES string of the molecule is O=C(Cn1cc(Cl)cn1)NC[C@@]1(O)CCCN(c2ccccn2)C1. The van der Waals surface area contributed by atoms with Crippen molar-refractivity contribution in [2.75, 3.05) is 24.5 Å². The molecule has 7 nitrogen and oxygen atoms in total. The van der Waals surface area contributed by atoms with E-state index in [2.05, 4.69) is 15.4 Å². The Kier molecular flexibility index (Phi) is 5.01. The summed E-state index contributed by atoms with van der Waals surface area (Å²) in [6.07, 6.45) is 6.29. The molecule has 8 heteroatoms. The predicted molar refractivity (Wildman–Crippen MR) is 90.9 cm³/mol. The minimum Gasteiger partial charge on any atom is -0.386 e. The zero-order valence-corrected chi connectivity index (χ0v) is 14.0. The second kappa shape index (κ2) is 7.19. The summed E-state index contributed by atoms with van der Waals surface area (Å²) in [6.45, 7) is 1.56. The van der Waals surface area contributed by atoms with Gasteiger partial charge in [0.15, 0.2) is 0 Å². The zero-order valence-electron chi connectivity index (χ0n) is 13.2. The van der Waals surface area contributed by atoms with Gasteiger partial charge in [-0.05, 0) is 25.0 Å². The van der Waals surface area contributed by atoms with E-state index < -0.39 is 5.60 Å². The average Bonchev–Trinajstić information content (AvgIpc) is 2.99. The maximum atomic E-state index is 12.0. The lowest BCUT2D eigenvalue weighted by molar-refractivity contribution is -0.123. The van der Waals surface area contributed by atoms with Crippen molar-refractivity contribution in [3.8, 4) is 0 Å². The van der Waals surface area contributed by atoms with E-state index in [1.807, 2.05) is 23.1 Å². The highest BCUT2D eigenvalue weighted by Gasteiger charge is 2.34. The number of aliphatic hydroxyl groups is 1. The number of pyridine rings is 1. The lowest BCUT2D eigenvalue weighted by atomic mass is 9.92. The highest BCUT2D eigenvalue weighted by Crippen LogP contribution is 2.24. The first kappa shape index (κ1) is 16.7. The molecule has 0 radical (unpaired) electrons. The van der Waals surface area contributed by atoms with Crippen LogP contribution in [0.4, 0.5) is 5.82 Å². The highest BCUT2D eigenvalue weighted by atomic mass is 35.5. The molecule has 1 atom stereocenters. The van der Waals surface area contributed by atoms with E-state index in [1.165, 1.54) is 10.9 Å². The molecular formula is C16H20ClN5O2. The van der Waals surface area contributed by atoms with Gasteiger partial charge in [0.05, 0.1) is 16.8 Å². The minimum absolute atomic E-state index is 0.0761. The van der Waals surface area contributed by atoms with E-state index >= 15 is 0 Å². The zero-order chi connectivity index (χ0) is 17.0. The van der Waals surface area contributed by atoms with Crippen LogP contribution in [0, 0.1) is 0 Å². The minimum atomic E-state index is -0.965. The molecule has 1 amide bonds. The number of hydrogen-bond acceptors (Lipinski definition) is 5. The molecule has 2 N–H and O–H groups in total. The fourth-order valence-electron chi connectivity index (χ4n) is 2.88. The number of β-amino-alcohol motifs (C(OH)–C–C–N with tert-alkyl or cyclic N) is 1. The van der Waals surface area contributed by atoms with Gasteiger partial charge in [-0.3, -0.25) is 9.48 Å². The number of aromatic nitrogens is 3. The first-order valence-corrected chi connectivity index (χ1v) is 8.25.